The average molecular weight is 282 g/mol. The summed E-state index contributed by atoms with van der Waals surface area (Å²) in [7, 11) is 0. The van der Waals surface area contributed by atoms with Gasteiger partial charge in [0.05, 0.1) is 12.0 Å². The molecule has 0 radical (unpaired) electrons. The van der Waals surface area contributed by atoms with Crippen LogP contribution in [0.2, 0.25) is 0 Å². The summed E-state index contributed by atoms with van der Waals surface area (Å²) in [5, 5.41) is 9.25. The van der Waals surface area contributed by atoms with Gasteiger partial charge < -0.3 is 0 Å². The molecule has 1 atom stereocenters. The van der Waals surface area contributed by atoms with Crippen LogP contribution >= 0.6 is 0 Å². The van der Waals surface area contributed by atoms with Crippen molar-refractivity contribution in [2.45, 2.75) is 31.5 Å². The van der Waals surface area contributed by atoms with Crippen molar-refractivity contribution in [3.8, 4) is 6.07 Å². The standard InChI is InChI=1S/C15H17F3N2/c16-15(17,18)13-6-8-20(9-7-13)14(11-19)10-12-4-2-1-3-5-12/h1-5,13-14H,6-10H2. The minimum atomic E-state index is -4.10. The van der Waals surface area contributed by atoms with Gasteiger partial charge in [-0.15, -0.1) is 0 Å². The highest BCUT2D eigenvalue weighted by molar-refractivity contribution is 5.18. The Morgan fingerprint density at radius 2 is 1.80 bits per heavy atom. The van der Waals surface area contributed by atoms with Gasteiger partial charge in [-0.2, -0.15) is 18.4 Å². The van der Waals surface area contributed by atoms with Crippen LogP contribution in [0.5, 0.6) is 0 Å². The van der Waals surface area contributed by atoms with Crippen molar-refractivity contribution in [2.75, 3.05) is 13.1 Å². The smallest absolute Gasteiger partial charge is 0.288 e. The van der Waals surface area contributed by atoms with Crippen molar-refractivity contribution in [1.82, 2.24) is 4.90 Å². The second-order valence-electron chi connectivity index (χ2n) is 5.19. The lowest BCUT2D eigenvalue weighted by Gasteiger charge is -2.35. The molecule has 1 aromatic rings. The van der Waals surface area contributed by atoms with Gasteiger partial charge in [-0.1, -0.05) is 30.3 Å². The van der Waals surface area contributed by atoms with Crippen molar-refractivity contribution in [2.24, 2.45) is 5.92 Å². The molecule has 0 aliphatic carbocycles. The number of hydrogen-bond acceptors (Lipinski definition) is 2. The zero-order valence-corrected chi connectivity index (χ0v) is 11.1. The Kier molecular flexibility index (Phi) is 4.66. The first-order chi connectivity index (χ1) is 9.50. The normalized spacial score (nSPS) is 19.5. The Hall–Kier alpha value is -1.54. The van der Waals surface area contributed by atoms with Gasteiger partial charge in [0.25, 0.3) is 0 Å². The second kappa shape index (κ2) is 6.27. The molecule has 5 heteroatoms. The van der Waals surface area contributed by atoms with Crippen LogP contribution in [-0.4, -0.2) is 30.2 Å². The van der Waals surface area contributed by atoms with E-state index in [1.165, 1.54) is 0 Å². The summed E-state index contributed by atoms with van der Waals surface area (Å²) in [6, 6.07) is 11.5. The SMILES string of the molecule is N#CC(Cc1ccccc1)N1CCC(C(F)(F)F)CC1. The number of benzene rings is 1. The minimum absolute atomic E-state index is 0.0937. The van der Waals surface area contributed by atoms with E-state index in [9.17, 15) is 18.4 Å². The molecule has 0 amide bonds. The first-order valence-corrected chi connectivity index (χ1v) is 6.75. The summed E-state index contributed by atoms with van der Waals surface area (Å²) in [6.45, 7) is 0.685. The third-order valence-corrected chi connectivity index (χ3v) is 3.85. The first kappa shape index (κ1) is 14.9. The quantitative estimate of drug-likeness (QED) is 0.849. The Bertz CT molecular complexity index is 456. The highest BCUT2D eigenvalue weighted by Gasteiger charge is 2.41. The summed E-state index contributed by atoms with van der Waals surface area (Å²) in [5.41, 5.74) is 1.04. The maximum absolute atomic E-state index is 12.6. The summed E-state index contributed by atoms with van der Waals surface area (Å²) < 4.78 is 37.8. The predicted octanol–water partition coefficient (Wildman–Crippen LogP) is 3.40. The van der Waals surface area contributed by atoms with E-state index in [4.69, 9.17) is 0 Å². The molecule has 20 heavy (non-hydrogen) atoms. The van der Waals surface area contributed by atoms with Gasteiger partial charge >= 0.3 is 6.18 Å². The number of halogens is 3. The van der Waals surface area contributed by atoms with E-state index in [0.29, 0.717) is 19.5 Å². The Morgan fingerprint density at radius 3 is 2.30 bits per heavy atom. The maximum Gasteiger partial charge on any atom is 0.391 e. The van der Waals surface area contributed by atoms with E-state index < -0.39 is 12.1 Å². The van der Waals surface area contributed by atoms with Gasteiger partial charge in [0.15, 0.2) is 0 Å². The second-order valence-corrected chi connectivity index (χ2v) is 5.19. The van der Waals surface area contributed by atoms with Crippen molar-refractivity contribution >= 4 is 0 Å². The molecule has 0 N–H and O–H groups in total. The first-order valence-electron chi connectivity index (χ1n) is 6.75. The van der Waals surface area contributed by atoms with Crippen LogP contribution < -0.4 is 0 Å². The molecule has 0 aromatic heterocycles. The summed E-state index contributed by atoms with van der Waals surface area (Å²) in [4.78, 5) is 1.87. The van der Waals surface area contributed by atoms with Crippen LogP contribution in [0.15, 0.2) is 30.3 Å². The molecule has 1 aliphatic heterocycles. The molecule has 1 saturated heterocycles. The van der Waals surface area contributed by atoms with Crippen LogP contribution in [-0.2, 0) is 6.42 Å². The number of rotatable bonds is 3. The van der Waals surface area contributed by atoms with Crippen molar-refractivity contribution in [3.05, 3.63) is 35.9 Å². The fraction of sp³-hybridized carbons (Fsp3) is 0.533. The molecule has 0 spiro atoms. The third kappa shape index (κ3) is 3.73. The lowest BCUT2D eigenvalue weighted by molar-refractivity contribution is -0.185. The number of nitrogens with zero attached hydrogens (tertiary/aromatic N) is 2. The lowest BCUT2D eigenvalue weighted by atomic mass is 9.94. The summed E-state index contributed by atoms with van der Waals surface area (Å²) >= 11 is 0. The monoisotopic (exact) mass is 282 g/mol. The molecule has 1 unspecified atom stereocenters. The molecule has 1 aromatic carbocycles. The minimum Gasteiger partial charge on any atom is -0.288 e. The number of nitriles is 1. The van der Waals surface area contributed by atoms with Crippen LogP contribution in [0.3, 0.4) is 0 Å². The van der Waals surface area contributed by atoms with Crippen LogP contribution in [0.25, 0.3) is 0 Å². The zero-order valence-electron chi connectivity index (χ0n) is 11.1. The van der Waals surface area contributed by atoms with Crippen molar-refractivity contribution < 1.29 is 13.2 Å². The number of piperidine rings is 1. The maximum atomic E-state index is 12.6. The molecule has 2 rings (SSSR count). The molecule has 0 saturated carbocycles. The van der Waals surface area contributed by atoms with E-state index in [1.807, 2.05) is 35.2 Å². The number of alkyl halides is 3. The molecular weight excluding hydrogens is 265 g/mol. The number of likely N-dealkylation sites (tertiary alicyclic amines) is 1. The number of hydrogen-bond donors (Lipinski definition) is 0. The highest BCUT2D eigenvalue weighted by atomic mass is 19.4. The summed E-state index contributed by atoms with van der Waals surface area (Å²) in [6.07, 6.45) is -3.35. The average Bonchev–Trinajstić information content (AvgIpc) is 2.45. The Balaban J connectivity index is 1.93. The van der Waals surface area contributed by atoms with Crippen molar-refractivity contribution in [3.63, 3.8) is 0 Å². The molecular formula is C15H17F3N2. The van der Waals surface area contributed by atoms with Gasteiger partial charge in [-0.25, -0.2) is 0 Å². The van der Waals surface area contributed by atoms with Crippen molar-refractivity contribution in [1.29, 1.82) is 5.26 Å². The van der Waals surface area contributed by atoms with Crippen LogP contribution in [0.1, 0.15) is 18.4 Å². The highest BCUT2D eigenvalue weighted by Crippen LogP contribution is 2.34. The van der Waals surface area contributed by atoms with Gasteiger partial charge in [-0.3, -0.25) is 4.90 Å². The van der Waals surface area contributed by atoms with E-state index >= 15 is 0 Å². The van der Waals surface area contributed by atoms with Gasteiger partial charge in [0.2, 0.25) is 0 Å². The largest absolute Gasteiger partial charge is 0.391 e. The van der Waals surface area contributed by atoms with E-state index in [1.54, 1.807) is 0 Å². The molecule has 108 valence electrons. The predicted molar refractivity (Wildman–Crippen MR) is 69.9 cm³/mol. The van der Waals surface area contributed by atoms with Gasteiger partial charge in [0.1, 0.15) is 6.04 Å². The Morgan fingerprint density at radius 1 is 1.20 bits per heavy atom. The van der Waals surface area contributed by atoms with Crippen LogP contribution in [0.4, 0.5) is 13.2 Å². The lowest BCUT2D eigenvalue weighted by Crippen LogP contribution is -2.44. The fourth-order valence-corrected chi connectivity index (χ4v) is 2.63. The molecule has 2 nitrogen and oxygen atoms in total. The van der Waals surface area contributed by atoms with Gasteiger partial charge in [-0.05, 0) is 31.5 Å². The van der Waals surface area contributed by atoms with E-state index in [-0.39, 0.29) is 18.9 Å². The van der Waals surface area contributed by atoms with Crippen LogP contribution in [0, 0.1) is 17.2 Å². The van der Waals surface area contributed by atoms with E-state index in [0.717, 1.165) is 5.56 Å². The van der Waals surface area contributed by atoms with Gasteiger partial charge in [0, 0.05) is 6.42 Å². The Labute approximate surface area is 116 Å². The summed E-state index contributed by atoms with van der Waals surface area (Å²) in [5.74, 6) is -1.21. The molecule has 1 fully saturated rings. The topological polar surface area (TPSA) is 27.0 Å². The molecule has 1 aliphatic rings. The molecule has 1 heterocycles. The third-order valence-electron chi connectivity index (χ3n) is 3.85. The fourth-order valence-electron chi connectivity index (χ4n) is 2.63. The van der Waals surface area contributed by atoms with E-state index in [2.05, 4.69) is 6.07 Å². The zero-order chi connectivity index (χ0) is 14.6. The molecule has 0 bridgehead atoms.